The van der Waals surface area contributed by atoms with Gasteiger partial charge in [-0.1, -0.05) is 30.3 Å². The Balaban J connectivity index is 1.75. The van der Waals surface area contributed by atoms with Crippen molar-refractivity contribution < 1.29 is 27.5 Å². The summed E-state index contributed by atoms with van der Waals surface area (Å²) in [6.45, 7) is 1.26. The SMILES string of the molecule is N#CN(C(=O)C(CS(=O)(=O)Cc1ccccc1)OC(=O)N1CCOCC1)C1CC1. The summed E-state index contributed by atoms with van der Waals surface area (Å²) < 4.78 is 35.9. The fourth-order valence-electron chi connectivity index (χ4n) is 3.01. The van der Waals surface area contributed by atoms with E-state index >= 15 is 0 Å². The highest BCUT2D eigenvalue weighted by molar-refractivity contribution is 7.90. The number of morpholine rings is 1. The van der Waals surface area contributed by atoms with Crippen LogP contribution >= 0.6 is 0 Å². The first kappa shape index (κ1) is 21.1. The monoisotopic (exact) mass is 421 g/mol. The smallest absolute Gasteiger partial charge is 0.410 e. The Hall–Kier alpha value is -2.64. The highest BCUT2D eigenvalue weighted by Crippen LogP contribution is 2.27. The zero-order chi connectivity index (χ0) is 20.9. The van der Waals surface area contributed by atoms with Crippen molar-refractivity contribution in [2.45, 2.75) is 30.7 Å². The number of carbonyl (C=O) groups excluding carboxylic acids is 2. The Morgan fingerprint density at radius 2 is 1.90 bits per heavy atom. The number of amides is 2. The summed E-state index contributed by atoms with van der Waals surface area (Å²) in [5.41, 5.74) is 0.567. The lowest BCUT2D eigenvalue weighted by atomic mass is 10.2. The maximum atomic E-state index is 12.8. The number of hydrogen-bond acceptors (Lipinski definition) is 7. The standard InChI is InChI=1S/C19H23N3O6S/c20-14-22(16-6-7-16)18(23)17(28-19(24)21-8-10-27-11-9-21)13-29(25,26)12-15-4-2-1-3-5-15/h1-5,16-17H,6-13H2. The molecule has 1 heterocycles. The van der Waals surface area contributed by atoms with Crippen molar-refractivity contribution in [3.63, 3.8) is 0 Å². The molecule has 0 aromatic heterocycles. The maximum absolute atomic E-state index is 12.8. The van der Waals surface area contributed by atoms with Gasteiger partial charge in [0.1, 0.15) is 0 Å². The molecule has 1 saturated heterocycles. The van der Waals surface area contributed by atoms with Gasteiger partial charge in [-0.25, -0.2) is 18.1 Å². The molecule has 1 saturated carbocycles. The number of sulfone groups is 1. The van der Waals surface area contributed by atoms with Crippen LogP contribution in [-0.2, 0) is 29.9 Å². The van der Waals surface area contributed by atoms with Gasteiger partial charge in [-0.05, 0) is 18.4 Å². The minimum absolute atomic E-state index is 0.256. The second-order valence-corrected chi connectivity index (χ2v) is 9.16. The summed E-state index contributed by atoms with van der Waals surface area (Å²) in [5.74, 6) is -1.77. The highest BCUT2D eigenvalue weighted by Gasteiger charge is 2.40. The van der Waals surface area contributed by atoms with Crippen molar-refractivity contribution in [3.05, 3.63) is 35.9 Å². The minimum Gasteiger partial charge on any atom is -0.435 e. The predicted octanol–water partition coefficient (Wildman–Crippen LogP) is 0.911. The van der Waals surface area contributed by atoms with Crippen LogP contribution in [-0.4, -0.2) is 74.4 Å². The topological polar surface area (TPSA) is 117 Å². The lowest BCUT2D eigenvalue weighted by molar-refractivity contribution is -0.137. The summed E-state index contributed by atoms with van der Waals surface area (Å²) in [7, 11) is -3.78. The molecule has 2 fully saturated rings. The molecular weight excluding hydrogens is 398 g/mol. The van der Waals surface area contributed by atoms with Gasteiger partial charge in [0.15, 0.2) is 22.1 Å². The summed E-state index contributed by atoms with van der Waals surface area (Å²) in [5, 5.41) is 9.31. The van der Waals surface area contributed by atoms with Crippen LogP contribution in [0.1, 0.15) is 18.4 Å². The van der Waals surface area contributed by atoms with Gasteiger partial charge in [-0.2, -0.15) is 5.26 Å². The van der Waals surface area contributed by atoms with Gasteiger partial charge >= 0.3 is 6.09 Å². The van der Waals surface area contributed by atoms with Gasteiger partial charge in [0.2, 0.25) is 0 Å². The number of benzene rings is 1. The van der Waals surface area contributed by atoms with Crippen LogP contribution in [0.25, 0.3) is 0 Å². The molecule has 0 spiro atoms. The summed E-state index contributed by atoms with van der Waals surface area (Å²) in [6, 6.07) is 8.29. The van der Waals surface area contributed by atoms with E-state index in [1.807, 2.05) is 0 Å². The lowest BCUT2D eigenvalue weighted by Gasteiger charge is -2.28. The first-order valence-corrected chi connectivity index (χ1v) is 11.2. The van der Waals surface area contributed by atoms with E-state index in [0.29, 0.717) is 44.7 Å². The van der Waals surface area contributed by atoms with Crippen molar-refractivity contribution >= 4 is 21.8 Å². The second-order valence-electron chi connectivity index (χ2n) is 7.05. The molecule has 0 bridgehead atoms. The van der Waals surface area contributed by atoms with Crippen LogP contribution in [0.15, 0.2) is 30.3 Å². The molecule has 1 aliphatic carbocycles. The zero-order valence-corrected chi connectivity index (χ0v) is 16.7. The van der Waals surface area contributed by atoms with E-state index in [9.17, 15) is 23.3 Å². The van der Waals surface area contributed by atoms with E-state index < -0.39 is 33.7 Å². The molecule has 2 amide bonds. The molecule has 10 heteroatoms. The fraction of sp³-hybridized carbons (Fsp3) is 0.526. The van der Waals surface area contributed by atoms with Gasteiger partial charge in [0, 0.05) is 19.1 Å². The Labute approximate surface area is 169 Å². The number of nitriles is 1. The Bertz CT molecular complexity index is 873. The van der Waals surface area contributed by atoms with Crippen LogP contribution in [0, 0.1) is 11.5 Å². The fourth-order valence-corrected chi connectivity index (χ4v) is 4.50. The Morgan fingerprint density at radius 1 is 1.24 bits per heavy atom. The predicted molar refractivity (Wildman–Crippen MR) is 102 cm³/mol. The minimum atomic E-state index is -3.78. The Kier molecular flexibility index (Phi) is 6.71. The molecule has 2 aliphatic rings. The molecule has 29 heavy (non-hydrogen) atoms. The lowest BCUT2D eigenvalue weighted by Crippen LogP contribution is -2.48. The summed E-state index contributed by atoms with van der Waals surface area (Å²) >= 11 is 0. The zero-order valence-electron chi connectivity index (χ0n) is 15.9. The molecule has 156 valence electrons. The van der Waals surface area contributed by atoms with E-state index in [2.05, 4.69) is 0 Å². The maximum Gasteiger partial charge on any atom is 0.410 e. The average molecular weight is 421 g/mol. The molecule has 1 atom stereocenters. The average Bonchev–Trinajstić information content (AvgIpc) is 3.54. The van der Waals surface area contributed by atoms with Crippen molar-refractivity contribution in [2.75, 3.05) is 32.1 Å². The van der Waals surface area contributed by atoms with E-state index in [1.165, 1.54) is 4.90 Å². The van der Waals surface area contributed by atoms with Gasteiger partial charge < -0.3 is 14.4 Å². The molecule has 1 aromatic rings. The molecule has 1 aromatic carbocycles. The third kappa shape index (κ3) is 5.92. The molecule has 1 aliphatic heterocycles. The third-order valence-electron chi connectivity index (χ3n) is 4.68. The van der Waals surface area contributed by atoms with Crippen LogP contribution < -0.4 is 0 Å². The number of rotatable bonds is 7. The quantitative estimate of drug-likeness (QED) is 0.474. The van der Waals surface area contributed by atoms with E-state index in [4.69, 9.17) is 9.47 Å². The van der Waals surface area contributed by atoms with Crippen LogP contribution in [0.5, 0.6) is 0 Å². The van der Waals surface area contributed by atoms with Gasteiger partial charge in [0.25, 0.3) is 5.91 Å². The van der Waals surface area contributed by atoms with Crippen molar-refractivity contribution in [3.8, 4) is 6.19 Å². The molecule has 3 rings (SSSR count). The molecular formula is C19H23N3O6S. The number of nitrogens with zero attached hydrogens (tertiary/aromatic N) is 3. The largest absolute Gasteiger partial charge is 0.435 e. The second kappa shape index (κ2) is 9.24. The third-order valence-corrected chi connectivity index (χ3v) is 6.26. The van der Waals surface area contributed by atoms with E-state index in [0.717, 1.165) is 4.90 Å². The molecule has 0 N–H and O–H groups in total. The van der Waals surface area contributed by atoms with Crippen molar-refractivity contribution in [1.82, 2.24) is 9.80 Å². The number of carbonyl (C=O) groups is 2. The van der Waals surface area contributed by atoms with Crippen LogP contribution in [0.4, 0.5) is 4.79 Å². The van der Waals surface area contributed by atoms with Gasteiger partial charge in [-0.3, -0.25) is 4.79 Å². The number of ether oxygens (including phenoxy) is 2. The van der Waals surface area contributed by atoms with Crippen molar-refractivity contribution in [1.29, 1.82) is 5.26 Å². The molecule has 0 radical (unpaired) electrons. The normalized spacial score (nSPS) is 17.8. The summed E-state index contributed by atoms with van der Waals surface area (Å²) in [6.07, 6.45) is 0.778. The van der Waals surface area contributed by atoms with Crippen LogP contribution in [0.2, 0.25) is 0 Å². The van der Waals surface area contributed by atoms with Crippen LogP contribution in [0.3, 0.4) is 0 Å². The summed E-state index contributed by atoms with van der Waals surface area (Å²) in [4.78, 5) is 27.6. The molecule has 9 nitrogen and oxygen atoms in total. The van der Waals surface area contributed by atoms with Gasteiger partial charge in [0.05, 0.1) is 24.7 Å². The molecule has 1 unspecified atom stereocenters. The number of hydrogen-bond donors (Lipinski definition) is 0. The highest BCUT2D eigenvalue weighted by atomic mass is 32.2. The Morgan fingerprint density at radius 3 is 2.48 bits per heavy atom. The first-order valence-electron chi connectivity index (χ1n) is 9.40. The van der Waals surface area contributed by atoms with Gasteiger partial charge in [-0.15, -0.1) is 0 Å². The first-order chi connectivity index (χ1) is 13.9. The van der Waals surface area contributed by atoms with E-state index in [1.54, 1.807) is 36.5 Å². The van der Waals surface area contributed by atoms with Crippen molar-refractivity contribution in [2.24, 2.45) is 0 Å². The van der Waals surface area contributed by atoms with E-state index in [-0.39, 0.29) is 11.8 Å².